The van der Waals surface area contributed by atoms with Crippen molar-refractivity contribution in [1.29, 1.82) is 0 Å². The van der Waals surface area contributed by atoms with E-state index in [4.69, 9.17) is 0 Å². The first-order chi connectivity index (χ1) is 14.1. The van der Waals surface area contributed by atoms with E-state index in [1.54, 1.807) is 6.07 Å². The van der Waals surface area contributed by atoms with Crippen LogP contribution in [0.25, 0.3) is 10.4 Å². The molecule has 0 radical (unpaired) electrons. The Morgan fingerprint density at radius 1 is 1.21 bits per heavy atom. The molecule has 0 aliphatic carbocycles. The van der Waals surface area contributed by atoms with Gasteiger partial charge in [-0.1, -0.05) is 36.3 Å². The first-order valence-corrected chi connectivity index (χ1v) is 10.4. The second-order valence-corrected chi connectivity index (χ2v) is 8.12. The van der Waals surface area contributed by atoms with E-state index in [2.05, 4.69) is 21.8 Å². The van der Waals surface area contributed by atoms with E-state index in [-0.39, 0.29) is 11.9 Å². The largest absolute Gasteiger partial charge is 0.323 e. The maximum Gasteiger partial charge on any atom is 0.274 e. The van der Waals surface area contributed by atoms with Crippen molar-refractivity contribution in [3.05, 3.63) is 70.9 Å². The van der Waals surface area contributed by atoms with Gasteiger partial charge in [-0.25, -0.2) is 14.4 Å². The number of amides is 1. The number of pyridine rings is 1. The van der Waals surface area contributed by atoms with Crippen LogP contribution in [0.5, 0.6) is 0 Å². The van der Waals surface area contributed by atoms with Crippen LogP contribution in [-0.2, 0) is 0 Å². The van der Waals surface area contributed by atoms with Gasteiger partial charge in [0.2, 0.25) is 0 Å². The molecule has 1 unspecified atom stereocenters. The Morgan fingerprint density at radius 2 is 2.03 bits per heavy atom. The lowest BCUT2D eigenvalue weighted by atomic mass is 10.0. The van der Waals surface area contributed by atoms with Crippen LogP contribution in [0.15, 0.2) is 48.7 Å². The molecule has 1 aliphatic rings. The third-order valence-electron chi connectivity index (χ3n) is 4.83. The van der Waals surface area contributed by atoms with Gasteiger partial charge < -0.3 is 4.90 Å². The van der Waals surface area contributed by atoms with E-state index in [9.17, 15) is 9.18 Å². The molecule has 0 N–H and O–H groups in total. The van der Waals surface area contributed by atoms with Crippen LogP contribution >= 0.6 is 11.3 Å². The van der Waals surface area contributed by atoms with Crippen molar-refractivity contribution in [1.82, 2.24) is 14.9 Å². The van der Waals surface area contributed by atoms with E-state index in [0.29, 0.717) is 17.9 Å². The van der Waals surface area contributed by atoms with E-state index in [0.717, 1.165) is 40.9 Å². The minimum atomic E-state index is -0.391. The summed E-state index contributed by atoms with van der Waals surface area (Å²) in [4.78, 5) is 24.7. The Bertz CT molecular complexity index is 1070. The maximum absolute atomic E-state index is 13.4. The van der Waals surface area contributed by atoms with Crippen molar-refractivity contribution in [2.45, 2.75) is 32.2 Å². The lowest BCUT2D eigenvalue weighted by molar-refractivity contribution is 0.0668. The zero-order valence-electron chi connectivity index (χ0n) is 16.1. The number of nitrogens with zero attached hydrogens (tertiary/aromatic N) is 3. The minimum Gasteiger partial charge on any atom is -0.323 e. The zero-order valence-corrected chi connectivity index (χ0v) is 16.9. The first kappa shape index (κ1) is 19.3. The number of halogens is 1. The Labute approximate surface area is 173 Å². The van der Waals surface area contributed by atoms with Crippen LogP contribution in [0, 0.1) is 24.6 Å². The fraction of sp³-hybridized carbons (Fsp3) is 0.261. The molecule has 0 bridgehead atoms. The molecule has 1 fully saturated rings. The summed E-state index contributed by atoms with van der Waals surface area (Å²) >= 11 is 1.53. The van der Waals surface area contributed by atoms with E-state index in [1.165, 1.54) is 17.4 Å². The molecular formula is C23H20FN3OS. The molecule has 6 heteroatoms. The molecular weight excluding hydrogens is 385 g/mol. The number of rotatable bonds is 2. The molecule has 146 valence electrons. The van der Waals surface area contributed by atoms with Gasteiger partial charge in [-0.2, -0.15) is 0 Å². The summed E-state index contributed by atoms with van der Waals surface area (Å²) in [6.07, 6.45) is 3.92. The van der Waals surface area contributed by atoms with Crippen molar-refractivity contribution < 1.29 is 9.18 Å². The number of hydrogen-bond acceptors (Lipinski definition) is 4. The number of likely N-dealkylation sites (tertiary alicyclic amines) is 1. The highest BCUT2D eigenvalue weighted by Crippen LogP contribution is 2.32. The van der Waals surface area contributed by atoms with E-state index < -0.39 is 5.82 Å². The number of carbonyl (C=O) groups is 1. The van der Waals surface area contributed by atoms with Crippen LogP contribution in [0.2, 0.25) is 0 Å². The molecule has 1 aromatic carbocycles. The third kappa shape index (κ3) is 4.36. The quantitative estimate of drug-likeness (QED) is 0.581. The molecule has 1 saturated heterocycles. The summed E-state index contributed by atoms with van der Waals surface area (Å²) < 4.78 is 13.0. The molecule has 1 amide bonds. The molecule has 3 aromatic rings. The Balaban J connectivity index is 1.63. The molecule has 29 heavy (non-hydrogen) atoms. The molecule has 0 spiro atoms. The van der Waals surface area contributed by atoms with Gasteiger partial charge in [0.1, 0.15) is 17.2 Å². The average molecular weight is 405 g/mol. The van der Waals surface area contributed by atoms with Crippen LogP contribution in [0.3, 0.4) is 0 Å². The third-order valence-corrected chi connectivity index (χ3v) is 5.85. The highest BCUT2D eigenvalue weighted by molar-refractivity contribution is 7.15. The van der Waals surface area contributed by atoms with Crippen LogP contribution in [0.1, 0.15) is 40.5 Å². The van der Waals surface area contributed by atoms with Crippen molar-refractivity contribution in [3.8, 4) is 22.3 Å². The van der Waals surface area contributed by atoms with Gasteiger partial charge in [0.15, 0.2) is 0 Å². The van der Waals surface area contributed by atoms with Crippen LogP contribution < -0.4 is 0 Å². The molecule has 3 heterocycles. The van der Waals surface area contributed by atoms with E-state index in [1.807, 2.05) is 42.2 Å². The number of thiazole rings is 1. The highest BCUT2D eigenvalue weighted by atomic mass is 32.1. The summed E-state index contributed by atoms with van der Waals surface area (Å²) in [5.41, 5.74) is 1.99. The molecule has 4 nitrogen and oxygen atoms in total. The number of carbonyl (C=O) groups excluding carboxylic acids is 1. The van der Waals surface area contributed by atoms with Crippen molar-refractivity contribution in [2.75, 3.05) is 6.54 Å². The molecule has 1 atom stereocenters. The first-order valence-electron chi connectivity index (χ1n) is 9.59. The van der Waals surface area contributed by atoms with Crippen molar-refractivity contribution in [3.63, 3.8) is 0 Å². The summed E-state index contributed by atoms with van der Waals surface area (Å²) in [6, 6.07) is 12.6. The summed E-state index contributed by atoms with van der Waals surface area (Å²) in [5, 5.41) is 0.863. The summed E-state index contributed by atoms with van der Waals surface area (Å²) in [6.45, 7) is 2.57. The fourth-order valence-corrected chi connectivity index (χ4v) is 4.34. The average Bonchev–Trinajstić information content (AvgIpc) is 3.15. The zero-order chi connectivity index (χ0) is 20.2. The van der Waals surface area contributed by atoms with Crippen LogP contribution in [-0.4, -0.2) is 33.4 Å². The van der Waals surface area contributed by atoms with Crippen molar-refractivity contribution in [2.24, 2.45) is 0 Å². The van der Waals surface area contributed by atoms with Gasteiger partial charge in [-0.3, -0.25) is 4.79 Å². The fourth-order valence-electron chi connectivity index (χ4n) is 3.42. The monoisotopic (exact) mass is 405 g/mol. The van der Waals surface area contributed by atoms with Gasteiger partial charge in [-0.15, -0.1) is 11.3 Å². The normalized spacial score (nSPS) is 16.2. The number of piperidine rings is 1. The lowest BCUT2D eigenvalue weighted by Crippen LogP contribution is -2.43. The summed E-state index contributed by atoms with van der Waals surface area (Å²) in [5.74, 6) is 5.68. The highest BCUT2D eigenvalue weighted by Gasteiger charge is 2.30. The molecule has 1 aliphatic heterocycles. The van der Waals surface area contributed by atoms with Gasteiger partial charge in [-0.05, 0) is 49.8 Å². The number of aryl methyl sites for hydroxylation is 1. The summed E-state index contributed by atoms with van der Waals surface area (Å²) in [7, 11) is 0. The van der Waals surface area contributed by atoms with Crippen molar-refractivity contribution >= 4 is 17.2 Å². The Morgan fingerprint density at radius 3 is 2.79 bits per heavy atom. The number of benzene rings is 1. The second-order valence-electron chi connectivity index (χ2n) is 6.92. The van der Waals surface area contributed by atoms with Gasteiger partial charge >= 0.3 is 0 Å². The van der Waals surface area contributed by atoms with Crippen LogP contribution in [0.4, 0.5) is 4.39 Å². The predicted molar refractivity (Wildman–Crippen MR) is 112 cm³/mol. The van der Waals surface area contributed by atoms with Gasteiger partial charge in [0.25, 0.3) is 5.91 Å². The topological polar surface area (TPSA) is 46.1 Å². The van der Waals surface area contributed by atoms with E-state index >= 15 is 0 Å². The predicted octanol–water partition coefficient (Wildman–Crippen LogP) is 4.70. The SMILES string of the molecule is Cc1nc(C(=O)N2CCCCC2C#Cc2ccc(F)cn2)c(-c2ccccc2)s1. The van der Waals surface area contributed by atoms with Gasteiger partial charge in [0.05, 0.1) is 22.1 Å². The molecule has 2 aromatic heterocycles. The minimum absolute atomic E-state index is 0.0840. The molecule has 4 rings (SSSR count). The smallest absolute Gasteiger partial charge is 0.274 e. The lowest BCUT2D eigenvalue weighted by Gasteiger charge is -2.32. The number of hydrogen-bond donors (Lipinski definition) is 0. The Kier molecular flexibility index (Phi) is 5.68. The number of aromatic nitrogens is 2. The standard InChI is InChI=1S/C23H20FN3OS/c1-16-26-21(22(29-16)17-7-3-2-4-8-17)23(28)27-14-6-5-9-20(27)13-12-19-11-10-18(24)15-25-19/h2-4,7-8,10-11,15,20H,5-6,9,14H2,1H3. The molecule has 0 saturated carbocycles. The second kappa shape index (κ2) is 8.54. The Hall–Kier alpha value is -3.04. The van der Waals surface area contributed by atoms with Gasteiger partial charge in [0, 0.05) is 6.54 Å². The maximum atomic E-state index is 13.4.